The molecule has 1 aromatic rings. The number of nitrogens with zero attached hydrogens (tertiary/aromatic N) is 3. The molecule has 2 rings (SSSR count). The van der Waals surface area contributed by atoms with Gasteiger partial charge in [-0.3, -0.25) is 0 Å². The van der Waals surface area contributed by atoms with E-state index in [0.29, 0.717) is 5.56 Å². The SMILES string of the molecule is CN(CC1CCCO1)c1ncccc1C#N. The Bertz CT molecular complexity index is 393. The van der Waals surface area contributed by atoms with E-state index in [1.807, 2.05) is 11.9 Å². The number of anilines is 1. The molecule has 1 unspecified atom stereocenters. The Morgan fingerprint density at radius 1 is 1.69 bits per heavy atom. The van der Waals surface area contributed by atoms with Gasteiger partial charge < -0.3 is 9.64 Å². The minimum atomic E-state index is 0.276. The molecule has 0 aromatic carbocycles. The van der Waals surface area contributed by atoms with Crippen LogP contribution in [0.5, 0.6) is 0 Å². The Morgan fingerprint density at radius 3 is 3.25 bits per heavy atom. The lowest BCUT2D eigenvalue weighted by molar-refractivity contribution is 0.116. The fourth-order valence-corrected chi connectivity index (χ4v) is 1.97. The van der Waals surface area contributed by atoms with Gasteiger partial charge in [0.2, 0.25) is 0 Å². The lowest BCUT2D eigenvalue weighted by Crippen LogP contribution is -2.29. The van der Waals surface area contributed by atoms with Crippen molar-refractivity contribution < 1.29 is 4.74 Å². The van der Waals surface area contributed by atoms with Gasteiger partial charge in [0.1, 0.15) is 11.9 Å². The molecule has 2 heterocycles. The minimum absolute atomic E-state index is 0.276. The van der Waals surface area contributed by atoms with Crippen LogP contribution in [0.1, 0.15) is 18.4 Å². The fourth-order valence-electron chi connectivity index (χ4n) is 1.97. The molecule has 1 saturated heterocycles. The van der Waals surface area contributed by atoms with E-state index in [0.717, 1.165) is 31.8 Å². The molecule has 4 nitrogen and oxygen atoms in total. The second-order valence-corrected chi connectivity index (χ2v) is 4.00. The first-order valence-electron chi connectivity index (χ1n) is 5.49. The average Bonchev–Trinajstić information content (AvgIpc) is 2.81. The molecule has 84 valence electrons. The first-order valence-corrected chi connectivity index (χ1v) is 5.49. The third-order valence-corrected chi connectivity index (χ3v) is 2.77. The number of hydrogen-bond acceptors (Lipinski definition) is 4. The number of nitriles is 1. The van der Waals surface area contributed by atoms with Crippen molar-refractivity contribution in [3.05, 3.63) is 23.9 Å². The van der Waals surface area contributed by atoms with Crippen LogP contribution in [-0.4, -0.2) is 31.3 Å². The van der Waals surface area contributed by atoms with E-state index in [1.165, 1.54) is 0 Å². The molecule has 0 spiro atoms. The van der Waals surface area contributed by atoms with Gasteiger partial charge in [-0.15, -0.1) is 0 Å². The Hall–Kier alpha value is -1.60. The maximum atomic E-state index is 8.98. The zero-order valence-electron chi connectivity index (χ0n) is 9.39. The molecule has 1 aliphatic heterocycles. The van der Waals surface area contributed by atoms with Gasteiger partial charge in [-0.25, -0.2) is 4.98 Å². The van der Waals surface area contributed by atoms with Crippen LogP contribution in [0.2, 0.25) is 0 Å². The summed E-state index contributed by atoms with van der Waals surface area (Å²) in [5.41, 5.74) is 0.614. The summed E-state index contributed by atoms with van der Waals surface area (Å²) in [7, 11) is 1.95. The summed E-state index contributed by atoms with van der Waals surface area (Å²) < 4.78 is 5.57. The minimum Gasteiger partial charge on any atom is -0.376 e. The van der Waals surface area contributed by atoms with E-state index in [9.17, 15) is 0 Å². The lowest BCUT2D eigenvalue weighted by Gasteiger charge is -2.22. The van der Waals surface area contributed by atoms with Gasteiger partial charge in [-0.05, 0) is 25.0 Å². The predicted molar refractivity (Wildman–Crippen MR) is 61.2 cm³/mol. The van der Waals surface area contributed by atoms with Crippen molar-refractivity contribution >= 4 is 5.82 Å². The van der Waals surface area contributed by atoms with Crippen LogP contribution < -0.4 is 4.90 Å². The van der Waals surface area contributed by atoms with Gasteiger partial charge in [0.15, 0.2) is 0 Å². The molecule has 0 amide bonds. The molecule has 0 radical (unpaired) electrons. The van der Waals surface area contributed by atoms with Crippen molar-refractivity contribution in [1.82, 2.24) is 4.98 Å². The van der Waals surface area contributed by atoms with Gasteiger partial charge >= 0.3 is 0 Å². The molecule has 16 heavy (non-hydrogen) atoms. The van der Waals surface area contributed by atoms with Crippen LogP contribution in [0.15, 0.2) is 18.3 Å². The monoisotopic (exact) mass is 217 g/mol. The van der Waals surface area contributed by atoms with E-state index < -0.39 is 0 Å². The summed E-state index contributed by atoms with van der Waals surface area (Å²) in [6.45, 7) is 1.65. The van der Waals surface area contributed by atoms with E-state index in [1.54, 1.807) is 18.3 Å². The zero-order valence-corrected chi connectivity index (χ0v) is 9.39. The Balaban J connectivity index is 2.08. The van der Waals surface area contributed by atoms with Gasteiger partial charge in [0.25, 0.3) is 0 Å². The summed E-state index contributed by atoms with van der Waals surface area (Å²) in [6.07, 6.45) is 4.21. The summed E-state index contributed by atoms with van der Waals surface area (Å²) in [5, 5.41) is 8.98. The first-order chi connectivity index (χ1) is 7.81. The largest absolute Gasteiger partial charge is 0.376 e. The standard InChI is InChI=1S/C12H15N3O/c1-15(9-11-5-3-7-16-11)12-10(8-13)4-2-6-14-12/h2,4,6,11H,3,5,7,9H2,1H3. The van der Waals surface area contributed by atoms with E-state index in [4.69, 9.17) is 10.00 Å². The molecule has 0 bridgehead atoms. The smallest absolute Gasteiger partial charge is 0.146 e. The summed E-state index contributed by atoms with van der Waals surface area (Å²) >= 11 is 0. The number of ether oxygens (including phenoxy) is 1. The number of pyridine rings is 1. The molecular weight excluding hydrogens is 202 g/mol. The van der Waals surface area contributed by atoms with E-state index in [2.05, 4.69) is 11.1 Å². The molecular formula is C12H15N3O. The second-order valence-electron chi connectivity index (χ2n) is 4.00. The highest BCUT2D eigenvalue weighted by Crippen LogP contribution is 2.18. The van der Waals surface area contributed by atoms with Gasteiger partial charge in [0.05, 0.1) is 11.7 Å². The number of hydrogen-bond donors (Lipinski definition) is 0. The predicted octanol–water partition coefficient (Wildman–Crippen LogP) is 1.57. The van der Waals surface area contributed by atoms with E-state index >= 15 is 0 Å². The van der Waals surface area contributed by atoms with Crippen LogP contribution >= 0.6 is 0 Å². The lowest BCUT2D eigenvalue weighted by atomic mass is 10.2. The highest BCUT2D eigenvalue weighted by atomic mass is 16.5. The fraction of sp³-hybridized carbons (Fsp3) is 0.500. The van der Waals surface area contributed by atoms with Crippen molar-refractivity contribution in [3.8, 4) is 6.07 Å². The van der Waals surface area contributed by atoms with Crippen LogP contribution in [0.25, 0.3) is 0 Å². The van der Waals surface area contributed by atoms with Gasteiger partial charge in [-0.2, -0.15) is 5.26 Å². The quantitative estimate of drug-likeness (QED) is 0.771. The summed E-state index contributed by atoms with van der Waals surface area (Å²) in [6, 6.07) is 5.72. The topological polar surface area (TPSA) is 49.1 Å². The van der Waals surface area contributed by atoms with Crippen LogP contribution in [0.4, 0.5) is 5.82 Å². The van der Waals surface area contributed by atoms with Crippen LogP contribution in [-0.2, 0) is 4.74 Å². The maximum Gasteiger partial charge on any atom is 0.146 e. The summed E-state index contributed by atoms with van der Waals surface area (Å²) in [5.74, 6) is 0.737. The van der Waals surface area contributed by atoms with Crippen molar-refractivity contribution in [1.29, 1.82) is 5.26 Å². The van der Waals surface area contributed by atoms with Crippen molar-refractivity contribution in [2.24, 2.45) is 0 Å². The number of likely N-dealkylation sites (N-methyl/N-ethyl adjacent to an activating group) is 1. The molecule has 0 saturated carbocycles. The van der Waals surface area contributed by atoms with Gasteiger partial charge in [-0.1, -0.05) is 0 Å². The molecule has 1 fully saturated rings. The van der Waals surface area contributed by atoms with Crippen molar-refractivity contribution in [2.75, 3.05) is 25.1 Å². The Labute approximate surface area is 95.5 Å². The van der Waals surface area contributed by atoms with Crippen molar-refractivity contribution in [3.63, 3.8) is 0 Å². The van der Waals surface area contributed by atoms with Gasteiger partial charge in [0, 0.05) is 26.4 Å². The average molecular weight is 217 g/mol. The molecule has 1 atom stereocenters. The van der Waals surface area contributed by atoms with E-state index in [-0.39, 0.29) is 6.10 Å². The van der Waals surface area contributed by atoms with Crippen LogP contribution in [0.3, 0.4) is 0 Å². The van der Waals surface area contributed by atoms with Crippen LogP contribution in [0, 0.1) is 11.3 Å². The number of rotatable bonds is 3. The highest BCUT2D eigenvalue weighted by Gasteiger charge is 2.19. The Kier molecular flexibility index (Phi) is 3.37. The molecule has 0 aliphatic carbocycles. The molecule has 1 aromatic heterocycles. The third kappa shape index (κ3) is 2.31. The summed E-state index contributed by atoms with van der Waals surface area (Å²) in [4.78, 5) is 6.23. The highest BCUT2D eigenvalue weighted by molar-refractivity contribution is 5.52. The Morgan fingerprint density at radius 2 is 2.56 bits per heavy atom. The normalized spacial score (nSPS) is 19.4. The molecule has 4 heteroatoms. The third-order valence-electron chi connectivity index (χ3n) is 2.77. The molecule has 1 aliphatic rings. The molecule has 0 N–H and O–H groups in total. The maximum absolute atomic E-state index is 8.98. The van der Waals surface area contributed by atoms with Crippen molar-refractivity contribution in [2.45, 2.75) is 18.9 Å². The second kappa shape index (κ2) is 4.95. The zero-order chi connectivity index (χ0) is 11.4. The number of aromatic nitrogens is 1. The first kappa shape index (κ1) is 10.9.